The van der Waals surface area contributed by atoms with Crippen LogP contribution in [-0.4, -0.2) is 25.2 Å². The molecule has 0 unspecified atom stereocenters. The van der Waals surface area contributed by atoms with Crippen molar-refractivity contribution in [3.05, 3.63) is 16.5 Å². The second-order valence-corrected chi connectivity index (χ2v) is 5.81. The molecule has 0 spiro atoms. The van der Waals surface area contributed by atoms with Crippen molar-refractivity contribution in [1.29, 1.82) is 0 Å². The molecule has 0 saturated carbocycles. The highest BCUT2D eigenvalue weighted by Crippen LogP contribution is 2.34. The molecule has 0 fully saturated rings. The summed E-state index contributed by atoms with van der Waals surface area (Å²) < 4.78 is 0. The molecule has 0 saturated heterocycles. The van der Waals surface area contributed by atoms with Gasteiger partial charge in [-0.1, -0.05) is 13.8 Å². The largest absolute Gasteiger partial charge is 0.353 e. The average molecular weight is 224 g/mol. The van der Waals surface area contributed by atoms with E-state index in [9.17, 15) is 0 Å². The second-order valence-electron chi connectivity index (χ2n) is 4.95. The number of hydrogen-bond acceptors (Lipinski definition) is 3. The van der Waals surface area contributed by atoms with Crippen molar-refractivity contribution < 1.29 is 0 Å². The predicted octanol–water partition coefficient (Wildman–Crippen LogP) is 2.92. The van der Waals surface area contributed by atoms with Crippen molar-refractivity contribution in [1.82, 2.24) is 4.90 Å². The van der Waals surface area contributed by atoms with Gasteiger partial charge in [-0.3, -0.25) is 4.90 Å². The molecule has 1 aliphatic heterocycles. The number of rotatable bonds is 2. The minimum absolute atomic E-state index is 0.749. The number of anilines is 1. The fraction of sp³-hybridized carbons (Fsp3) is 0.667. The number of fused-ring (bicyclic) bond motifs is 1. The smallest absolute Gasteiger partial charge is 0.0964 e. The third kappa shape index (κ3) is 2.18. The molecule has 15 heavy (non-hydrogen) atoms. The van der Waals surface area contributed by atoms with E-state index in [-0.39, 0.29) is 0 Å². The predicted molar refractivity (Wildman–Crippen MR) is 67.6 cm³/mol. The molecule has 1 aliphatic rings. The van der Waals surface area contributed by atoms with Crippen molar-refractivity contribution in [2.75, 3.05) is 25.2 Å². The van der Waals surface area contributed by atoms with Crippen molar-refractivity contribution in [3.63, 3.8) is 0 Å². The van der Waals surface area contributed by atoms with Crippen molar-refractivity contribution in [3.8, 4) is 0 Å². The molecule has 2 nitrogen and oxygen atoms in total. The lowest BCUT2D eigenvalue weighted by Gasteiger charge is -2.35. The Bertz CT molecular complexity index is 343. The van der Waals surface area contributed by atoms with Gasteiger partial charge in [0.05, 0.1) is 11.7 Å². The molecule has 3 heteroatoms. The van der Waals surface area contributed by atoms with E-state index in [0.29, 0.717) is 0 Å². The molecule has 2 heterocycles. The zero-order chi connectivity index (χ0) is 11.0. The zero-order valence-electron chi connectivity index (χ0n) is 10.1. The topological polar surface area (TPSA) is 6.48 Å². The summed E-state index contributed by atoms with van der Waals surface area (Å²) in [5.41, 5.74) is 2.99. The lowest BCUT2D eigenvalue weighted by Crippen LogP contribution is -2.41. The molecule has 2 rings (SSSR count). The van der Waals surface area contributed by atoms with Crippen molar-refractivity contribution in [2.45, 2.75) is 27.3 Å². The van der Waals surface area contributed by atoms with Gasteiger partial charge in [0.1, 0.15) is 0 Å². The Labute approximate surface area is 96.5 Å². The van der Waals surface area contributed by atoms with E-state index in [1.54, 1.807) is 0 Å². The Morgan fingerprint density at radius 1 is 1.47 bits per heavy atom. The molecule has 84 valence electrons. The summed E-state index contributed by atoms with van der Waals surface area (Å²) in [7, 11) is 2.20. The van der Waals surface area contributed by atoms with E-state index in [2.05, 4.69) is 43.0 Å². The summed E-state index contributed by atoms with van der Waals surface area (Å²) in [5, 5.41) is 3.74. The van der Waals surface area contributed by atoms with E-state index in [1.165, 1.54) is 22.7 Å². The van der Waals surface area contributed by atoms with E-state index in [4.69, 9.17) is 0 Å². The molecular formula is C12H20N2S. The Morgan fingerprint density at radius 2 is 2.20 bits per heavy atom. The number of aryl methyl sites for hydroxylation is 1. The highest BCUT2D eigenvalue weighted by molar-refractivity contribution is 7.14. The number of hydrogen-bond donors (Lipinski definition) is 0. The normalized spacial score (nSPS) is 17.3. The Kier molecular flexibility index (Phi) is 3.03. The quantitative estimate of drug-likeness (QED) is 0.762. The fourth-order valence-electron chi connectivity index (χ4n) is 2.24. The molecule has 0 N–H and O–H groups in total. The molecule has 0 aliphatic carbocycles. The lowest BCUT2D eigenvalue weighted by molar-refractivity contribution is 0.229. The molecule has 1 aromatic heterocycles. The fourth-order valence-corrected chi connectivity index (χ4v) is 3.28. The van der Waals surface area contributed by atoms with Crippen LogP contribution >= 0.6 is 11.3 Å². The van der Waals surface area contributed by atoms with Crippen LogP contribution in [0.5, 0.6) is 0 Å². The van der Waals surface area contributed by atoms with Crippen LogP contribution in [0.3, 0.4) is 0 Å². The summed E-state index contributed by atoms with van der Waals surface area (Å²) in [6.45, 7) is 10.2. The highest BCUT2D eigenvalue weighted by atomic mass is 32.1. The number of nitrogens with zero attached hydrogens (tertiary/aromatic N) is 2. The first kappa shape index (κ1) is 11.0. The maximum absolute atomic E-state index is 2.53. The first-order valence-electron chi connectivity index (χ1n) is 5.58. The van der Waals surface area contributed by atoms with Gasteiger partial charge >= 0.3 is 0 Å². The van der Waals surface area contributed by atoms with Gasteiger partial charge in [0.15, 0.2) is 0 Å². The summed E-state index contributed by atoms with van der Waals surface area (Å²) in [4.78, 5) is 4.91. The summed E-state index contributed by atoms with van der Waals surface area (Å²) in [6, 6.07) is 0. The molecule has 0 atom stereocenters. The van der Waals surface area contributed by atoms with Crippen molar-refractivity contribution in [2.24, 2.45) is 5.92 Å². The average Bonchev–Trinajstić information content (AvgIpc) is 2.47. The van der Waals surface area contributed by atoms with Crippen LogP contribution in [0.4, 0.5) is 5.00 Å². The summed E-state index contributed by atoms with van der Waals surface area (Å²) in [5.74, 6) is 0.749. The van der Waals surface area contributed by atoms with Gasteiger partial charge in [0.25, 0.3) is 0 Å². The van der Waals surface area contributed by atoms with Crippen LogP contribution in [0.1, 0.15) is 25.0 Å². The van der Waals surface area contributed by atoms with E-state index in [1.807, 2.05) is 11.3 Å². The molecule has 0 bridgehead atoms. The minimum Gasteiger partial charge on any atom is -0.353 e. The highest BCUT2D eigenvalue weighted by Gasteiger charge is 2.23. The summed E-state index contributed by atoms with van der Waals surface area (Å²) >= 11 is 1.88. The molecule has 0 aromatic carbocycles. The maximum Gasteiger partial charge on any atom is 0.0964 e. The standard InChI is InChI=1S/C12H20N2S/c1-9(2)5-14-6-11-10(3)7-15-12(11)13(4)8-14/h7,9H,5-6,8H2,1-4H3. The maximum atomic E-state index is 2.53. The number of thiophene rings is 1. The lowest BCUT2D eigenvalue weighted by atomic mass is 10.1. The monoisotopic (exact) mass is 224 g/mol. The van der Waals surface area contributed by atoms with Gasteiger partial charge in [-0.2, -0.15) is 0 Å². The van der Waals surface area contributed by atoms with Gasteiger partial charge in [-0.15, -0.1) is 11.3 Å². The van der Waals surface area contributed by atoms with Crippen LogP contribution in [0.15, 0.2) is 5.38 Å². The van der Waals surface area contributed by atoms with Crippen LogP contribution in [-0.2, 0) is 6.54 Å². The van der Waals surface area contributed by atoms with Crippen LogP contribution in [0.25, 0.3) is 0 Å². The van der Waals surface area contributed by atoms with Crippen LogP contribution in [0, 0.1) is 12.8 Å². The van der Waals surface area contributed by atoms with Crippen molar-refractivity contribution >= 4 is 16.3 Å². The van der Waals surface area contributed by atoms with Gasteiger partial charge < -0.3 is 4.90 Å². The zero-order valence-corrected chi connectivity index (χ0v) is 10.9. The molecular weight excluding hydrogens is 204 g/mol. The Balaban J connectivity index is 2.17. The van der Waals surface area contributed by atoms with Gasteiger partial charge in [0, 0.05) is 25.7 Å². The van der Waals surface area contributed by atoms with Gasteiger partial charge in [0.2, 0.25) is 0 Å². The molecule has 0 radical (unpaired) electrons. The Hall–Kier alpha value is -0.540. The van der Waals surface area contributed by atoms with Crippen LogP contribution < -0.4 is 4.90 Å². The van der Waals surface area contributed by atoms with Crippen LogP contribution in [0.2, 0.25) is 0 Å². The van der Waals surface area contributed by atoms with E-state index < -0.39 is 0 Å². The third-order valence-electron chi connectivity index (χ3n) is 2.85. The molecule has 1 aromatic rings. The SMILES string of the molecule is Cc1csc2c1CN(CC(C)C)CN2C. The third-order valence-corrected chi connectivity index (χ3v) is 4.10. The van der Waals surface area contributed by atoms with Gasteiger partial charge in [-0.05, 0) is 23.8 Å². The Morgan fingerprint density at radius 3 is 2.87 bits per heavy atom. The second kappa shape index (κ2) is 4.14. The summed E-state index contributed by atoms with van der Waals surface area (Å²) in [6.07, 6.45) is 0. The first-order chi connectivity index (χ1) is 7.08. The minimum atomic E-state index is 0.749. The molecule has 0 amide bonds. The van der Waals surface area contributed by atoms with Gasteiger partial charge in [-0.25, -0.2) is 0 Å². The van der Waals surface area contributed by atoms with E-state index >= 15 is 0 Å². The van der Waals surface area contributed by atoms with E-state index in [0.717, 1.165) is 19.1 Å². The first-order valence-corrected chi connectivity index (χ1v) is 6.46.